The molecule has 0 spiro atoms. The summed E-state index contributed by atoms with van der Waals surface area (Å²) in [5, 5.41) is 8.67. The molecule has 0 bridgehead atoms. The molecule has 0 saturated heterocycles. The molecule has 0 heterocycles. The Labute approximate surface area is 122 Å². The lowest BCUT2D eigenvalue weighted by molar-refractivity contribution is 0.208. The first-order valence-corrected chi connectivity index (χ1v) is 7.76. The molecule has 0 aliphatic heterocycles. The van der Waals surface area contributed by atoms with Gasteiger partial charge in [-0.1, -0.05) is 6.07 Å². The van der Waals surface area contributed by atoms with Crippen LogP contribution in [0.2, 0.25) is 0 Å². The van der Waals surface area contributed by atoms with E-state index in [-0.39, 0.29) is 25.1 Å². The fourth-order valence-corrected chi connectivity index (χ4v) is 2.28. The maximum absolute atomic E-state index is 13.6. The number of hydrogen-bond acceptors (Lipinski definition) is 4. The number of nitriles is 1. The Hall–Kier alpha value is -1.59. The largest absolute Gasteiger partial charge is 0.303 e. The number of halogens is 3. The van der Waals surface area contributed by atoms with Crippen LogP contribution in [0, 0.1) is 23.0 Å². The number of hydrogen-bond donors (Lipinski definition) is 0. The summed E-state index contributed by atoms with van der Waals surface area (Å²) < 4.78 is 61.0. The van der Waals surface area contributed by atoms with Gasteiger partial charge >= 0.3 is 10.2 Å². The highest BCUT2D eigenvalue weighted by Gasteiger charge is 2.20. The molecular weight excluding hydrogens is 305 g/mol. The second-order valence-electron chi connectivity index (χ2n) is 4.62. The number of nitrogens with zero attached hydrogens (tertiary/aromatic N) is 2. The molecule has 0 saturated carbocycles. The van der Waals surface area contributed by atoms with Crippen molar-refractivity contribution in [2.24, 2.45) is 0 Å². The van der Waals surface area contributed by atoms with Gasteiger partial charge in [0.2, 0.25) is 0 Å². The van der Waals surface area contributed by atoms with Crippen molar-refractivity contribution in [1.82, 2.24) is 4.90 Å². The average Bonchev–Trinajstić information content (AvgIpc) is 2.36. The van der Waals surface area contributed by atoms with Gasteiger partial charge in [0, 0.05) is 24.7 Å². The molecule has 0 aliphatic carbocycles. The zero-order chi connectivity index (χ0) is 16.0. The van der Waals surface area contributed by atoms with Crippen molar-refractivity contribution >= 4 is 10.2 Å². The SMILES string of the molecule is CC(CC#N)N(CCS(=O)(=O)F)Cc1c(F)cccc1F. The van der Waals surface area contributed by atoms with Gasteiger partial charge in [0.15, 0.2) is 0 Å². The quantitative estimate of drug-likeness (QED) is 0.724. The Morgan fingerprint density at radius 2 is 1.90 bits per heavy atom. The second kappa shape index (κ2) is 7.43. The molecular formula is C13H15F3N2O2S. The molecule has 0 N–H and O–H groups in total. The first-order valence-electron chi connectivity index (χ1n) is 6.21. The summed E-state index contributed by atoms with van der Waals surface area (Å²) in [6, 6.07) is 4.80. The predicted octanol–water partition coefficient (Wildman–Crippen LogP) is 2.37. The molecule has 4 nitrogen and oxygen atoms in total. The lowest BCUT2D eigenvalue weighted by Gasteiger charge is -2.27. The maximum Gasteiger partial charge on any atom is 0.303 e. The summed E-state index contributed by atoms with van der Waals surface area (Å²) in [5.41, 5.74) is -0.237. The third-order valence-electron chi connectivity index (χ3n) is 3.06. The molecule has 0 amide bonds. The predicted molar refractivity (Wildman–Crippen MR) is 71.4 cm³/mol. The van der Waals surface area contributed by atoms with E-state index in [0.717, 1.165) is 12.1 Å². The van der Waals surface area contributed by atoms with Crippen molar-refractivity contribution in [3.8, 4) is 6.07 Å². The molecule has 1 rings (SSSR count). The van der Waals surface area contributed by atoms with E-state index in [4.69, 9.17) is 5.26 Å². The summed E-state index contributed by atoms with van der Waals surface area (Å²) in [6.07, 6.45) is 0.0302. The molecule has 1 atom stereocenters. The Morgan fingerprint density at radius 3 is 2.38 bits per heavy atom. The van der Waals surface area contributed by atoms with Crippen molar-refractivity contribution in [3.05, 3.63) is 35.4 Å². The van der Waals surface area contributed by atoms with Crippen LogP contribution < -0.4 is 0 Å². The van der Waals surface area contributed by atoms with Gasteiger partial charge in [0.05, 0.1) is 18.2 Å². The minimum Gasteiger partial charge on any atom is -0.294 e. The first kappa shape index (κ1) is 17.5. The summed E-state index contributed by atoms with van der Waals surface area (Å²) in [6.45, 7) is 1.11. The Kier molecular flexibility index (Phi) is 6.18. The van der Waals surface area contributed by atoms with Gasteiger partial charge in [-0.25, -0.2) is 8.78 Å². The van der Waals surface area contributed by atoms with E-state index in [1.54, 1.807) is 6.92 Å². The molecule has 8 heteroatoms. The van der Waals surface area contributed by atoms with E-state index in [1.165, 1.54) is 11.0 Å². The summed E-state index contributed by atoms with van der Waals surface area (Å²) in [7, 11) is -4.69. The molecule has 1 aromatic carbocycles. The smallest absolute Gasteiger partial charge is 0.294 e. The van der Waals surface area contributed by atoms with E-state index >= 15 is 0 Å². The van der Waals surface area contributed by atoms with E-state index < -0.39 is 33.7 Å². The van der Waals surface area contributed by atoms with Gasteiger partial charge in [-0.2, -0.15) is 13.7 Å². The molecule has 1 aromatic rings. The average molecular weight is 320 g/mol. The Morgan fingerprint density at radius 1 is 1.33 bits per heavy atom. The Balaban J connectivity index is 2.94. The highest BCUT2D eigenvalue weighted by Crippen LogP contribution is 2.17. The van der Waals surface area contributed by atoms with Crippen molar-refractivity contribution in [3.63, 3.8) is 0 Å². The van der Waals surface area contributed by atoms with Crippen LogP contribution in [-0.4, -0.2) is 31.7 Å². The van der Waals surface area contributed by atoms with Gasteiger partial charge in [0.1, 0.15) is 11.6 Å². The lowest BCUT2D eigenvalue weighted by Crippen LogP contribution is -2.36. The standard InChI is InChI=1S/C13H15F3N2O2S/c1-10(5-6-17)18(7-8-21(16,19)20)9-11-12(14)3-2-4-13(11)15/h2-4,10H,5,7-9H2,1H3. The van der Waals surface area contributed by atoms with E-state index in [1.807, 2.05) is 6.07 Å². The van der Waals surface area contributed by atoms with Crippen LogP contribution in [0.5, 0.6) is 0 Å². The second-order valence-corrected chi connectivity index (χ2v) is 6.11. The highest BCUT2D eigenvalue weighted by atomic mass is 32.3. The van der Waals surface area contributed by atoms with Crippen LogP contribution in [0.4, 0.5) is 12.7 Å². The van der Waals surface area contributed by atoms with Crippen LogP contribution >= 0.6 is 0 Å². The third-order valence-corrected chi connectivity index (χ3v) is 3.73. The zero-order valence-corrected chi connectivity index (χ0v) is 12.2. The zero-order valence-electron chi connectivity index (χ0n) is 11.4. The van der Waals surface area contributed by atoms with Gasteiger partial charge in [-0.3, -0.25) is 4.90 Å². The minimum absolute atomic E-state index is 0.0302. The fourth-order valence-electron chi connectivity index (χ4n) is 1.83. The lowest BCUT2D eigenvalue weighted by atomic mass is 10.1. The molecule has 116 valence electrons. The van der Waals surface area contributed by atoms with Crippen molar-refractivity contribution in [2.75, 3.05) is 12.3 Å². The Bertz CT molecular complexity index is 609. The third kappa shape index (κ3) is 5.73. The van der Waals surface area contributed by atoms with Crippen LogP contribution in [0.25, 0.3) is 0 Å². The van der Waals surface area contributed by atoms with E-state index in [9.17, 15) is 21.1 Å². The molecule has 0 fully saturated rings. The summed E-state index contributed by atoms with van der Waals surface area (Å²) in [4.78, 5) is 1.36. The van der Waals surface area contributed by atoms with Crippen molar-refractivity contribution in [2.45, 2.75) is 25.9 Å². The van der Waals surface area contributed by atoms with Crippen molar-refractivity contribution < 1.29 is 21.1 Å². The van der Waals surface area contributed by atoms with Crippen LogP contribution in [0.1, 0.15) is 18.9 Å². The van der Waals surface area contributed by atoms with E-state index in [2.05, 4.69) is 0 Å². The van der Waals surface area contributed by atoms with Crippen LogP contribution in [0.3, 0.4) is 0 Å². The van der Waals surface area contributed by atoms with Gasteiger partial charge in [0.25, 0.3) is 0 Å². The highest BCUT2D eigenvalue weighted by molar-refractivity contribution is 7.86. The van der Waals surface area contributed by atoms with E-state index in [0.29, 0.717) is 0 Å². The van der Waals surface area contributed by atoms with Crippen LogP contribution in [0.15, 0.2) is 18.2 Å². The molecule has 0 aliphatic rings. The maximum atomic E-state index is 13.6. The minimum atomic E-state index is -4.69. The fraction of sp³-hybridized carbons (Fsp3) is 0.462. The van der Waals surface area contributed by atoms with Crippen LogP contribution in [-0.2, 0) is 16.8 Å². The topological polar surface area (TPSA) is 61.2 Å². The molecule has 1 unspecified atom stereocenters. The molecule has 0 aromatic heterocycles. The molecule has 0 radical (unpaired) electrons. The summed E-state index contributed by atoms with van der Waals surface area (Å²) >= 11 is 0. The van der Waals surface area contributed by atoms with Gasteiger partial charge in [-0.05, 0) is 19.1 Å². The van der Waals surface area contributed by atoms with Gasteiger partial charge in [-0.15, -0.1) is 3.89 Å². The molecule has 21 heavy (non-hydrogen) atoms. The number of rotatable bonds is 7. The first-order chi connectivity index (χ1) is 9.74. The monoisotopic (exact) mass is 320 g/mol. The normalized spacial score (nSPS) is 13.1. The van der Waals surface area contributed by atoms with Crippen molar-refractivity contribution in [1.29, 1.82) is 5.26 Å². The summed E-state index contributed by atoms with van der Waals surface area (Å²) in [5.74, 6) is -2.33. The number of benzene rings is 1. The van der Waals surface area contributed by atoms with Gasteiger partial charge < -0.3 is 0 Å².